The van der Waals surface area contributed by atoms with E-state index < -0.39 is 20.9 Å². The Bertz CT molecular complexity index is 1030. The van der Waals surface area contributed by atoms with Crippen LogP contribution in [0.1, 0.15) is 11.1 Å². The van der Waals surface area contributed by atoms with E-state index >= 15 is 0 Å². The number of carbonyl (C=O) groups excluding carboxylic acids is 1. The van der Waals surface area contributed by atoms with Crippen molar-refractivity contribution in [3.8, 4) is 0 Å². The van der Waals surface area contributed by atoms with Crippen molar-refractivity contribution in [2.75, 3.05) is 10.8 Å². The molecule has 1 aromatic heterocycles. The molecule has 140 valence electrons. The molecule has 27 heavy (non-hydrogen) atoms. The van der Waals surface area contributed by atoms with Gasteiger partial charge in [0.15, 0.2) is 0 Å². The number of fused-ring (bicyclic) bond motifs is 1. The summed E-state index contributed by atoms with van der Waals surface area (Å²) >= 11 is 0. The van der Waals surface area contributed by atoms with Gasteiger partial charge in [-0.25, -0.2) is 23.2 Å². The summed E-state index contributed by atoms with van der Waals surface area (Å²) in [6.45, 7) is 0.186. The Morgan fingerprint density at radius 3 is 2.67 bits per heavy atom. The van der Waals surface area contributed by atoms with Crippen LogP contribution >= 0.6 is 0 Å². The molecule has 2 heterocycles. The van der Waals surface area contributed by atoms with E-state index in [0.29, 0.717) is 17.5 Å². The number of anilines is 1. The summed E-state index contributed by atoms with van der Waals surface area (Å²) in [7, 11) is -3.90. The van der Waals surface area contributed by atoms with E-state index in [4.69, 9.17) is 5.21 Å². The predicted octanol–water partition coefficient (Wildman–Crippen LogP) is 1.26. The van der Waals surface area contributed by atoms with Gasteiger partial charge in [0, 0.05) is 31.0 Å². The van der Waals surface area contributed by atoms with Crippen molar-refractivity contribution >= 4 is 33.5 Å². The average Bonchev–Trinajstić information content (AvgIpc) is 3.10. The van der Waals surface area contributed by atoms with E-state index in [1.807, 2.05) is 0 Å². The molecule has 0 spiro atoms. The van der Waals surface area contributed by atoms with Gasteiger partial charge in [-0.3, -0.25) is 20.1 Å². The lowest BCUT2D eigenvalue weighted by molar-refractivity contribution is -0.384. The first-order valence-corrected chi connectivity index (χ1v) is 9.15. The van der Waals surface area contributed by atoms with E-state index in [1.54, 1.807) is 6.07 Å². The molecule has 0 bridgehead atoms. The topological polar surface area (TPSA) is 143 Å². The minimum Gasteiger partial charge on any atom is -0.288 e. The number of carbonyl (C=O) groups is 1. The van der Waals surface area contributed by atoms with Gasteiger partial charge in [0.1, 0.15) is 5.82 Å². The molecule has 2 aromatic rings. The fourth-order valence-electron chi connectivity index (χ4n) is 2.66. The lowest BCUT2D eigenvalue weighted by atomic mass is 10.1. The van der Waals surface area contributed by atoms with Crippen molar-refractivity contribution in [2.45, 2.75) is 11.3 Å². The number of nitrogens with one attached hydrogen (secondary N) is 1. The Labute approximate surface area is 153 Å². The highest BCUT2D eigenvalue weighted by molar-refractivity contribution is 7.92. The second kappa shape index (κ2) is 7.13. The summed E-state index contributed by atoms with van der Waals surface area (Å²) in [5.74, 6) is -0.421. The number of pyridine rings is 1. The number of nitro groups is 1. The highest BCUT2D eigenvalue weighted by atomic mass is 32.2. The molecular weight excluding hydrogens is 376 g/mol. The van der Waals surface area contributed by atoms with Crippen LogP contribution in [0.5, 0.6) is 0 Å². The number of amides is 1. The van der Waals surface area contributed by atoms with Gasteiger partial charge in [-0.2, -0.15) is 0 Å². The summed E-state index contributed by atoms with van der Waals surface area (Å²) in [5.41, 5.74) is 2.53. The largest absolute Gasteiger partial charge is 0.288 e. The van der Waals surface area contributed by atoms with Gasteiger partial charge in [0.05, 0.1) is 9.82 Å². The Morgan fingerprint density at radius 1 is 1.33 bits per heavy atom. The SMILES string of the molecule is O=C(/C=C/c1cnc2c(c1)CCN2S(=O)(=O)c1ccc([N+](=O)[O-])cc1)NO. The van der Waals surface area contributed by atoms with Crippen molar-refractivity contribution in [1.82, 2.24) is 10.5 Å². The quantitative estimate of drug-likeness (QED) is 0.338. The van der Waals surface area contributed by atoms with Crippen molar-refractivity contribution < 1.29 is 23.3 Å². The number of aromatic nitrogens is 1. The van der Waals surface area contributed by atoms with Crippen LogP contribution in [0.25, 0.3) is 6.08 Å². The van der Waals surface area contributed by atoms with Gasteiger partial charge in [0.25, 0.3) is 21.6 Å². The Morgan fingerprint density at radius 2 is 2.04 bits per heavy atom. The van der Waals surface area contributed by atoms with E-state index in [2.05, 4.69) is 4.98 Å². The average molecular weight is 390 g/mol. The Balaban J connectivity index is 1.89. The summed E-state index contributed by atoms with van der Waals surface area (Å²) in [6.07, 6.45) is 4.39. The maximum Gasteiger partial charge on any atom is 0.269 e. The van der Waals surface area contributed by atoms with Crippen molar-refractivity contribution in [2.24, 2.45) is 0 Å². The first-order chi connectivity index (χ1) is 12.8. The number of hydrogen-bond acceptors (Lipinski definition) is 7. The minimum absolute atomic E-state index is 0.0636. The Kier molecular flexibility index (Phi) is 4.88. The molecule has 0 saturated carbocycles. The van der Waals surface area contributed by atoms with Crippen LogP contribution in [-0.4, -0.2) is 36.0 Å². The van der Waals surface area contributed by atoms with Crippen molar-refractivity contribution in [3.63, 3.8) is 0 Å². The zero-order valence-electron chi connectivity index (χ0n) is 13.8. The number of nitrogens with zero attached hydrogens (tertiary/aromatic N) is 3. The lowest BCUT2D eigenvalue weighted by Crippen LogP contribution is -2.29. The standard InChI is InChI=1S/C16H14N4O6S/c21-15(18-22)6-1-11-9-12-7-8-19(16(12)17-10-11)27(25,26)14-4-2-13(3-5-14)20(23)24/h1-6,9-10,22H,7-8H2,(H,18,21)/b6-1+. The fourth-order valence-corrected chi connectivity index (χ4v) is 4.12. The second-order valence-corrected chi connectivity index (χ2v) is 7.50. The van der Waals surface area contributed by atoms with Crippen molar-refractivity contribution in [3.05, 3.63) is 63.8 Å². The molecule has 1 aromatic carbocycles. The molecule has 3 rings (SSSR count). The molecular formula is C16H14N4O6S. The lowest BCUT2D eigenvalue weighted by Gasteiger charge is -2.18. The van der Waals surface area contributed by atoms with Crippen LogP contribution in [-0.2, 0) is 21.2 Å². The van der Waals surface area contributed by atoms with E-state index in [0.717, 1.165) is 22.5 Å². The van der Waals surface area contributed by atoms with Crippen LogP contribution in [0.3, 0.4) is 0 Å². The third-order valence-electron chi connectivity index (χ3n) is 3.96. The van der Waals surface area contributed by atoms with Gasteiger partial charge >= 0.3 is 0 Å². The Hall–Kier alpha value is -3.31. The number of rotatable bonds is 5. The summed E-state index contributed by atoms with van der Waals surface area (Å²) in [4.78, 5) is 25.3. The number of benzene rings is 1. The fraction of sp³-hybridized carbons (Fsp3) is 0.125. The number of hydrogen-bond donors (Lipinski definition) is 2. The first-order valence-electron chi connectivity index (χ1n) is 7.71. The molecule has 0 saturated heterocycles. The second-order valence-electron chi connectivity index (χ2n) is 5.64. The molecule has 2 N–H and O–H groups in total. The molecule has 1 aliphatic rings. The predicted molar refractivity (Wildman–Crippen MR) is 94.5 cm³/mol. The molecule has 0 atom stereocenters. The summed E-state index contributed by atoms with van der Waals surface area (Å²) in [6, 6.07) is 6.36. The maximum atomic E-state index is 12.8. The molecule has 11 heteroatoms. The van der Waals surface area contributed by atoms with Crippen LogP contribution in [0.2, 0.25) is 0 Å². The van der Waals surface area contributed by atoms with Gasteiger partial charge < -0.3 is 0 Å². The molecule has 0 unspecified atom stereocenters. The molecule has 0 radical (unpaired) electrons. The molecule has 1 amide bonds. The zero-order chi connectivity index (χ0) is 19.6. The van der Waals surface area contributed by atoms with Crippen LogP contribution in [0.15, 0.2) is 47.5 Å². The maximum absolute atomic E-state index is 12.8. The number of nitro benzene ring substituents is 1. The normalized spacial score (nSPS) is 13.6. The smallest absolute Gasteiger partial charge is 0.269 e. The first kappa shape index (κ1) is 18.5. The minimum atomic E-state index is -3.90. The molecule has 0 fully saturated rings. The van der Waals surface area contributed by atoms with Gasteiger partial charge in [-0.15, -0.1) is 0 Å². The van der Waals surface area contributed by atoms with Crippen LogP contribution < -0.4 is 9.79 Å². The third-order valence-corrected chi connectivity index (χ3v) is 5.76. The molecule has 1 aliphatic heterocycles. The number of hydroxylamine groups is 1. The zero-order valence-corrected chi connectivity index (χ0v) is 14.6. The van der Waals surface area contributed by atoms with E-state index in [1.165, 1.54) is 29.9 Å². The summed E-state index contributed by atoms with van der Waals surface area (Å²) < 4.78 is 26.8. The molecule has 0 aliphatic carbocycles. The highest BCUT2D eigenvalue weighted by Gasteiger charge is 2.32. The highest BCUT2D eigenvalue weighted by Crippen LogP contribution is 2.32. The van der Waals surface area contributed by atoms with Gasteiger partial charge in [-0.1, -0.05) is 0 Å². The monoisotopic (exact) mass is 390 g/mol. The van der Waals surface area contributed by atoms with Gasteiger partial charge in [0.2, 0.25) is 0 Å². The van der Waals surface area contributed by atoms with E-state index in [9.17, 15) is 23.3 Å². The number of sulfonamides is 1. The van der Waals surface area contributed by atoms with Gasteiger partial charge in [-0.05, 0) is 41.8 Å². The number of non-ortho nitro benzene ring substituents is 1. The third kappa shape index (κ3) is 3.64. The van der Waals surface area contributed by atoms with E-state index in [-0.39, 0.29) is 22.9 Å². The molecule has 10 nitrogen and oxygen atoms in total. The van der Waals surface area contributed by atoms with Crippen molar-refractivity contribution in [1.29, 1.82) is 0 Å². The van der Waals surface area contributed by atoms with Crippen LogP contribution in [0, 0.1) is 10.1 Å². The van der Waals surface area contributed by atoms with Crippen LogP contribution in [0.4, 0.5) is 11.5 Å². The summed E-state index contributed by atoms with van der Waals surface area (Å²) in [5, 5.41) is 19.2.